The van der Waals surface area contributed by atoms with E-state index in [9.17, 15) is 0 Å². The fourth-order valence-electron chi connectivity index (χ4n) is 2.08. The molecule has 0 saturated carbocycles. The van der Waals surface area contributed by atoms with Crippen LogP contribution < -0.4 is 10.1 Å². The van der Waals surface area contributed by atoms with Crippen LogP contribution in [0.3, 0.4) is 0 Å². The van der Waals surface area contributed by atoms with Gasteiger partial charge in [-0.1, -0.05) is 44.3 Å². The second kappa shape index (κ2) is 7.01. The predicted molar refractivity (Wildman–Crippen MR) is 78.4 cm³/mol. The molecule has 106 valence electrons. The molecule has 2 unspecified atom stereocenters. The van der Waals surface area contributed by atoms with E-state index in [0.29, 0.717) is 23.1 Å². The molecule has 0 radical (unpaired) electrons. The van der Waals surface area contributed by atoms with Crippen molar-refractivity contribution < 1.29 is 4.74 Å². The lowest BCUT2D eigenvalue weighted by molar-refractivity contribution is 0.197. The maximum Gasteiger partial charge on any atom is 0.294 e. The Labute approximate surface area is 119 Å². The van der Waals surface area contributed by atoms with Crippen LogP contribution in [0.25, 0.3) is 0 Å². The first kappa shape index (κ1) is 14.5. The molecule has 1 aromatic heterocycles. The lowest BCUT2D eigenvalue weighted by Gasteiger charge is -2.24. The van der Waals surface area contributed by atoms with Gasteiger partial charge in [-0.15, -0.1) is 10.2 Å². The summed E-state index contributed by atoms with van der Waals surface area (Å²) in [7, 11) is 0. The highest BCUT2D eigenvalue weighted by Gasteiger charge is 2.19. The average Bonchev–Trinajstić information content (AvgIpc) is 2.83. The molecule has 1 aliphatic carbocycles. The molecule has 1 aliphatic rings. The number of hydrogen-bond donors (Lipinski definition) is 1. The molecule has 0 amide bonds. The highest BCUT2D eigenvalue weighted by atomic mass is 32.1. The van der Waals surface area contributed by atoms with Crippen LogP contribution in [-0.4, -0.2) is 22.8 Å². The Bertz CT molecular complexity index is 417. The third-order valence-corrected chi connectivity index (χ3v) is 4.28. The van der Waals surface area contributed by atoms with Crippen molar-refractivity contribution in [2.45, 2.75) is 46.2 Å². The van der Waals surface area contributed by atoms with Gasteiger partial charge in [0, 0.05) is 6.04 Å². The lowest BCUT2D eigenvalue weighted by atomic mass is 9.85. The zero-order valence-electron chi connectivity index (χ0n) is 11.9. The molecule has 0 spiro atoms. The first-order valence-corrected chi connectivity index (χ1v) is 7.80. The lowest BCUT2D eigenvalue weighted by Crippen LogP contribution is -2.21. The Morgan fingerprint density at radius 3 is 2.89 bits per heavy atom. The molecule has 1 aromatic rings. The molecule has 1 N–H and O–H groups in total. The summed E-state index contributed by atoms with van der Waals surface area (Å²) < 4.78 is 5.79. The molecular formula is C14H23N3OS. The molecule has 19 heavy (non-hydrogen) atoms. The van der Waals surface area contributed by atoms with Gasteiger partial charge in [0.1, 0.15) is 5.01 Å². The van der Waals surface area contributed by atoms with Gasteiger partial charge < -0.3 is 10.1 Å². The van der Waals surface area contributed by atoms with Gasteiger partial charge in [0.15, 0.2) is 0 Å². The van der Waals surface area contributed by atoms with Crippen molar-refractivity contribution in [3.8, 4) is 5.19 Å². The summed E-state index contributed by atoms with van der Waals surface area (Å²) in [5.41, 5.74) is 0. The van der Waals surface area contributed by atoms with Gasteiger partial charge in [0.05, 0.1) is 13.2 Å². The number of nitrogens with one attached hydrogen (secondary N) is 1. The Kier molecular flexibility index (Phi) is 5.34. The highest BCUT2D eigenvalue weighted by Crippen LogP contribution is 2.26. The maximum atomic E-state index is 5.79. The third-order valence-electron chi connectivity index (χ3n) is 3.45. The first-order chi connectivity index (χ1) is 9.15. The van der Waals surface area contributed by atoms with Crippen molar-refractivity contribution >= 4 is 11.3 Å². The van der Waals surface area contributed by atoms with Gasteiger partial charge in [-0.2, -0.15) is 0 Å². The number of allylic oxidation sites excluding steroid dienone is 2. The minimum Gasteiger partial charge on any atom is -0.469 e. The summed E-state index contributed by atoms with van der Waals surface area (Å²) >= 11 is 1.54. The van der Waals surface area contributed by atoms with E-state index >= 15 is 0 Å². The van der Waals surface area contributed by atoms with Crippen molar-refractivity contribution in [3.05, 3.63) is 17.2 Å². The van der Waals surface area contributed by atoms with Gasteiger partial charge >= 0.3 is 0 Å². The van der Waals surface area contributed by atoms with E-state index in [0.717, 1.165) is 31.0 Å². The summed E-state index contributed by atoms with van der Waals surface area (Å²) in [5.74, 6) is 1.30. The maximum absolute atomic E-state index is 5.79. The Hall–Kier alpha value is -0.940. The standard InChI is InChI=1S/C14H23N3OS/c1-10(2)15-8-13-16-17-14(19-13)18-9-12-7-5-4-6-11(12)3/h4-5,10-12,15H,6-9H2,1-3H3. The second-order valence-corrected chi connectivity index (χ2v) is 6.51. The Balaban J connectivity index is 1.78. The van der Waals surface area contributed by atoms with Crippen LogP contribution in [0.1, 0.15) is 38.6 Å². The van der Waals surface area contributed by atoms with Crippen molar-refractivity contribution in [3.63, 3.8) is 0 Å². The fraction of sp³-hybridized carbons (Fsp3) is 0.714. The molecule has 5 heteroatoms. The molecule has 0 fully saturated rings. The van der Waals surface area contributed by atoms with Crippen LogP contribution in [-0.2, 0) is 6.54 Å². The third kappa shape index (κ3) is 4.58. The summed E-state index contributed by atoms with van der Waals surface area (Å²) in [6, 6.07) is 0.461. The normalized spacial score (nSPS) is 22.9. The summed E-state index contributed by atoms with van der Waals surface area (Å²) in [5, 5.41) is 13.2. The zero-order valence-corrected chi connectivity index (χ0v) is 12.7. The molecule has 0 aromatic carbocycles. The number of ether oxygens (including phenoxy) is 1. The van der Waals surface area contributed by atoms with Crippen LogP contribution in [0.2, 0.25) is 0 Å². The Morgan fingerprint density at radius 2 is 2.16 bits per heavy atom. The van der Waals surface area contributed by atoms with Crippen molar-refractivity contribution in [1.82, 2.24) is 15.5 Å². The monoisotopic (exact) mass is 281 g/mol. The quantitative estimate of drug-likeness (QED) is 0.814. The van der Waals surface area contributed by atoms with Crippen molar-refractivity contribution in [1.29, 1.82) is 0 Å². The summed E-state index contributed by atoms with van der Waals surface area (Å²) in [6.45, 7) is 8.04. The Morgan fingerprint density at radius 1 is 1.37 bits per heavy atom. The van der Waals surface area contributed by atoms with Gasteiger partial charge in [0.25, 0.3) is 5.19 Å². The number of hydrogen-bond acceptors (Lipinski definition) is 5. The van der Waals surface area contributed by atoms with Crippen molar-refractivity contribution in [2.75, 3.05) is 6.61 Å². The van der Waals surface area contributed by atoms with E-state index in [1.165, 1.54) is 11.3 Å². The van der Waals surface area contributed by atoms with E-state index in [1.54, 1.807) is 0 Å². The van der Waals surface area contributed by atoms with E-state index in [-0.39, 0.29) is 0 Å². The van der Waals surface area contributed by atoms with Gasteiger partial charge in [-0.3, -0.25) is 0 Å². The van der Waals surface area contributed by atoms with E-state index in [1.807, 2.05) is 0 Å². The average molecular weight is 281 g/mol. The number of nitrogens with zero attached hydrogens (tertiary/aromatic N) is 2. The van der Waals surface area contributed by atoms with Crippen LogP contribution in [0, 0.1) is 11.8 Å². The fourth-order valence-corrected chi connectivity index (χ4v) is 2.72. The van der Waals surface area contributed by atoms with E-state index < -0.39 is 0 Å². The minimum absolute atomic E-state index is 0.461. The van der Waals surface area contributed by atoms with Crippen LogP contribution >= 0.6 is 11.3 Å². The summed E-state index contributed by atoms with van der Waals surface area (Å²) in [4.78, 5) is 0. The first-order valence-electron chi connectivity index (χ1n) is 6.98. The number of aromatic nitrogens is 2. The largest absolute Gasteiger partial charge is 0.469 e. The molecule has 0 bridgehead atoms. The van der Waals surface area contributed by atoms with E-state index in [4.69, 9.17) is 4.74 Å². The molecule has 4 nitrogen and oxygen atoms in total. The molecular weight excluding hydrogens is 258 g/mol. The molecule has 2 rings (SSSR count). The smallest absolute Gasteiger partial charge is 0.294 e. The molecule has 1 heterocycles. The molecule has 2 atom stereocenters. The van der Waals surface area contributed by atoms with Crippen molar-refractivity contribution in [2.24, 2.45) is 11.8 Å². The van der Waals surface area contributed by atoms with Crippen LogP contribution in [0.5, 0.6) is 5.19 Å². The molecule has 0 saturated heterocycles. The summed E-state index contributed by atoms with van der Waals surface area (Å²) in [6.07, 6.45) is 6.79. The van der Waals surface area contributed by atoms with Gasteiger partial charge in [0.2, 0.25) is 0 Å². The second-order valence-electron chi connectivity index (χ2n) is 5.49. The highest BCUT2D eigenvalue weighted by molar-refractivity contribution is 7.13. The number of rotatable bonds is 6. The van der Waals surface area contributed by atoms with E-state index in [2.05, 4.69) is 48.4 Å². The topological polar surface area (TPSA) is 47.0 Å². The van der Waals surface area contributed by atoms with Crippen LogP contribution in [0.4, 0.5) is 0 Å². The zero-order chi connectivity index (χ0) is 13.7. The SMILES string of the molecule is CC(C)NCc1nnc(OCC2CC=CCC2C)s1. The predicted octanol–water partition coefficient (Wildman–Crippen LogP) is 3.02. The minimum atomic E-state index is 0.461. The molecule has 0 aliphatic heterocycles. The van der Waals surface area contributed by atoms with Gasteiger partial charge in [-0.05, 0) is 24.7 Å². The van der Waals surface area contributed by atoms with Crippen LogP contribution in [0.15, 0.2) is 12.2 Å². The van der Waals surface area contributed by atoms with Gasteiger partial charge in [-0.25, -0.2) is 0 Å².